The van der Waals surface area contributed by atoms with Crippen LogP contribution >= 0.6 is 23.1 Å². The van der Waals surface area contributed by atoms with Crippen LogP contribution in [-0.4, -0.2) is 45.5 Å². The number of hydrogen-bond donors (Lipinski definition) is 2. The van der Waals surface area contributed by atoms with E-state index in [9.17, 15) is 9.90 Å². The summed E-state index contributed by atoms with van der Waals surface area (Å²) >= 11 is 2.89. The van der Waals surface area contributed by atoms with E-state index in [1.54, 1.807) is 0 Å². The van der Waals surface area contributed by atoms with E-state index in [-0.39, 0.29) is 5.91 Å². The minimum Gasteiger partial charge on any atom is -0.388 e. The Labute approximate surface area is 156 Å². The number of aromatic nitrogens is 1. The first-order valence-electron chi connectivity index (χ1n) is 8.48. The summed E-state index contributed by atoms with van der Waals surface area (Å²) in [7, 11) is 0. The third-order valence-corrected chi connectivity index (χ3v) is 5.90. The molecule has 7 heteroatoms. The Morgan fingerprint density at radius 1 is 1.32 bits per heavy atom. The predicted molar refractivity (Wildman–Crippen MR) is 104 cm³/mol. The number of thiazole rings is 1. The van der Waals surface area contributed by atoms with Gasteiger partial charge in [0.15, 0.2) is 5.13 Å². The first-order chi connectivity index (χ1) is 12.2. The van der Waals surface area contributed by atoms with Crippen molar-refractivity contribution in [2.24, 2.45) is 0 Å². The number of aliphatic hydroxyl groups is 1. The standard InChI is InChI=1S/C18H23N3O2S2/c22-16(14-6-2-1-3-7-14)12-24-13-17(23)20-18-19-15(11-25-18)10-21-8-4-5-9-21/h1-3,6-7,11,16,22H,4-5,8-10,12-13H2,(H,19,20,23). The van der Waals surface area contributed by atoms with E-state index in [1.165, 1.54) is 35.9 Å². The minimum absolute atomic E-state index is 0.0765. The second-order valence-corrected chi connectivity index (χ2v) is 8.01. The molecule has 1 amide bonds. The Kier molecular flexibility index (Phi) is 6.86. The lowest BCUT2D eigenvalue weighted by Crippen LogP contribution is -2.19. The Hall–Kier alpha value is -1.41. The normalized spacial score (nSPS) is 16.0. The van der Waals surface area contributed by atoms with Crippen LogP contribution in [0.2, 0.25) is 0 Å². The molecule has 2 N–H and O–H groups in total. The molecule has 134 valence electrons. The van der Waals surface area contributed by atoms with Gasteiger partial charge in [0.05, 0.1) is 17.6 Å². The van der Waals surface area contributed by atoms with Gasteiger partial charge < -0.3 is 10.4 Å². The van der Waals surface area contributed by atoms with Gasteiger partial charge in [-0.2, -0.15) is 0 Å². The van der Waals surface area contributed by atoms with Crippen LogP contribution in [0, 0.1) is 0 Å². The summed E-state index contributed by atoms with van der Waals surface area (Å²) in [5, 5.41) is 15.6. The van der Waals surface area contributed by atoms with Crippen molar-refractivity contribution < 1.29 is 9.90 Å². The van der Waals surface area contributed by atoms with Crippen LogP contribution in [0.15, 0.2) is 35.7 Å². The van der Waals surface area contributed by atoms with E-state index in [2.05, 4.69) is 15.2 Å². The minimum atomic E-state index is -0.550. The topological polar surface area (TPSA) is 65.5 Å². The third-order valence-electron chi connectivity index (χ3n) is 4.08. The van der Waals surface area contributed by atoms with Crippen LogP contribution in [0.3, 0.4) is 0 Å². The molecule has 25 heavy (non-hydrogen) atoms. The first kappa shape index (κ1) is 18.4. The molecule has 0 radical (unpaired) electrons. The van der Waals surface area contributed by atoms with E-state index >= 15 is 0 Å². The number of carbonyl (C=O) groups excluding carboxylic acids is 1. The lowest BCUT2D eigenvalue weighted by Gasteiger charge is -2.11. The molecule has 2 aromatic rings. The zero-order chi connectivity index (χ0) is 17.5. The second-order valence-electron chi connectivity index (χ2n) is 6.12. The fourth-order valence-corrected chi connectivity index (χ4v) is 4.31. The monoisotopic (exact) mass is 377 g/mol. The van der Waals surface area contributed by atoms with Gasteiger partial charge in [0.2, 0.25) is 5.91 Å². The SMILES string of the molecule is O=C(CSCC(O)c1ccccc1)Nc1nc(CN2CCCC2)cs1. The molecular weight excluding hydrogens is 354 g/mol. The summed E-state index contributed by atoms with van der Waals surface area (Å²) in [6.45, 7) is 3.14. The maximum atomic E-state index is 12.0. The average molecular weight is 378 g/mol. The zero-order valence-electron chi connectivity index (χ0n) is 14.1. The Balaban J connectivity index is 1.38. The summed E-state index contributed by atoms with van der Waals surface area (Å²) < 4.78 is 0. The first-order valence-corrected chi connectivity index (χ1v) is 10.5. The van der Waals surface area contributed by atoms with Gasteiger partial charge in [-0.15, -0.1) is 23.1 Å². The molecule has 0 aliphatic carbocycles. The Morgan fingerprint density at radius 3 is 2.84 bits per heavy atom. The van der Waals surface area contributed by atoms with Gasteiger partial charge in [0.1, 0.15) is 0 Å². The summed E-state index contributed by atoms with van der Waals surface area (Å²) in [5.74, 6) is 0.729. The number of aliphatic hydroxyl groups excluding tert-OH is 1. The molecule has 1 aliphatic rings. The number of thioether (sulfide) groups is 1. The van der Waals surface area contributed by atoms with Gasteiger partial charge in [0.25, 0.3) is 0 Å². The molecule has 0 spiro atoms. The van der Waals surface area contributed by atoms with Crippen molar-refractivity contribution in [3.63, 3.8) is 0 Å². The van der Waals surface area contributed by atoms with Crippen LogP contribution in [0.25, 0.3) is 0 Å². The molecule has 1 unspecified atom stereocenters. The molecule has 0 saturated carbocycles. The maximum Gasteiger partial charge on any atom is 0.236 e. The molecule has 5 nitrogen and oxygen atoms in total. The van der Waals surface area contributed by atoms with Gasteiger partial charge >= 0.3 is 0 Å². The number of rotatable bonds is 8. The van der Waals surface area contributed by atoms with Crippen LogP contribution in [0.1, 0.15) is 30.2 Å². The van der Waals surface area contributed by atoms with E-state index < -0.39 is 6.10 Å². The fraction of sp³-hybridized carbons (Fsp3) is 0.444. The summed E-state index contributed by atoms with van der Waals surface area (Å²) in [5.41, 5.74) is 1.90. The van der Waals surface area contributed by atoms with Crippen molar-refractivity contribution in [3.8, 4) is 0 Å². The van der Waals surface area contributed by atoms with E-state index in [0.29, 0.717) is 16.6 Å². The van der Waals surface area contributed by atoms with Crippen LogP contribution < -0.4 is 5.32 Å². The highest BCUT2D eigenvalue weighted by Crippen LogP contribution is 2.20. The van der Waals surface area contributed by atoms with Crippen LogP contribution in [0.4, 0.5) is 5.13 Å². The molecular formula is C18H23N3O2S2. The molecule has 1 fully saturated rings. The van der Waals surface area contributed by atoms with E-state index in [4.69, 9.17) is 0 Å². The number of nitrogens with one attached hydrogen (secondary N) is 1. The molecule has 1 aromatic heterocycles. The van der Waals surface area contributed by atoms with Gasteiger partial charge in [-0.05, 0) is 31.5 Å². The number of amides is 1. The molecule has 1 atom stereocenters. The lowest BCUT2D eigenvalue weighted by molar-refractivity contribution is -0.113. The number of hydrogen-bond acceptors (Lipinski definition) is 6. The summed E-state index contributed by atoms with van der Waals surface area (Å²) in [4.78, 5) is 18.9. The highest BCUT2D eigenvalue weighted by molar-refractivity contribution is 8.00. The highest BCUT2D eigenvalue weighted by Gasteiger charge is 2.14. The Morgan fingerprint density at radius 2 is 2.08 bits per heavy atom. The van der Waals surface area contributed by atoms with Crippen LogP contribution in [0.5, 0.6) is 0 Å². The van der Waals surface area contributed by atoms with Crippen molar-refractivity contribution in [1.29, 1.82) is 0 Å². The number of anilines is 1. The molecule has 1 saturated heterocycles. The molecule has 2 heterocycles. The van der Waals surface area contributed by atoms with E-state index in [1.807, 2.05) is 35.7 Å². The zero-order valence-corrected chi connectivity index (χ0v) is 15.7. The van der Waals surface area contributed by atoms with Crippen LogP contribution in [-0.2, 0) is 11.3 Å². The van der Waals surface area contributed by atoms with Gasteiger partial charge in [0, 0.05) is 17.7 Å². The third kappa shape index (κ3) is 5.81. The lowest BCUT2D eigenvalue weighted by atomic mass is 10.1. The smallest absolute Gasteiger partial charge is 0.236 e. The average Bonchev–Trinajstić information content (AvgIpc) is 3.28. The second kappa shape index (κ2) is 9.33. The molecule has 3 rings (SSSR count). The van der Waals surface area contributed by atoms with Crippen molar-refractivity contribution in [1.82, 2.24) is 9.88 Å². The number of likely N-dealkylation sites (tertiary alicyclic amines) is 1. The van der Waals surface area contributed by atoms with Crippen molar-refractivity contribution in [2.75, 3.05) is 29.9 Å². The van der Waals surface area contributed by atoms with Crippen molar-refractivity contribution >= 4 is 34.1 Å². The number of benzene rings is 1. The molecule has 1 aromatic carbocycles. The highest BCUT2D eigenvalue weighted by atomic mass is 32.2. The number of carbonyl (C=O) groups is 1. The fourth-order valence-electron chi connectivity index (χ4n) is 2.80. The van der Waals surface area contributed by atoms with Gasteiger partial charge in [-0.1, -0.05) is 30.3 Å². The quantitative estimate of drug-likeness (QED) is 0.740. The maximum absolute atomic E-state index is 12.0. The predicted octanol–water partition coefficient (Wildman–Crippen LogP) is 3.14. The van der Waals surface area contributed by atoms with E-state index in [0.717, 1.165) is 30.9 Å². The summed E-state index contributed by atoms with van der Waals surface area (Å²) in [6.07, 6.45) is 1.98. The van der Waals surface area contributed by atoms with Gasteiger partial charge in [-0.25, -0.2) is 4.98 Å². The van der Waals surface area contributed by atoms with Gasteiger partial charge in [-0.3, -0.25) is 9.69 Å². The summed E-state index contributed by atoms with van der Waals surface area (Å²) in [6, 6.07) is 9.50. The largest absolute Gasteiger partial charge is 0.388 e. The van der Waals surface area contributed by atoms with Crippen molar-refractivity contribution in [3.05, 3.63) is 47.0 Å². The number of nitrogens with zero attached hydrogens (tertiary/aromatic N) is 2. The molecule has 1 aliphatic heterocycles. The Bertz CT molecular complexity index is 672. The molecule has 0 bridgehead atoms. The van der Waals surface area contributed by atoms with Crippen molar-refractivity contribution in [2.45, 2.75) is 25.5 Å².